The summed E-state index contributed by atoms with van der Waals surface area (Å²) in [4.78, 5) is 0. The molecule has 92 valence electrons. The number of hydrogen-bond acceptors (Lipinski definition) is 0. The maximum atomic E-state index is 8.60. The molecular weight excluding hydrogens is 228 g/mol. The molecule has 0 aromatic heterocycles. The molecular formula is C19H16. The van der Waals surface area contributed by atoms with Gasteiger partial charge in [-0.15, -0.1) is 0 Å². The first-order valence-electron chi connectivity index (χ1n) is 7.36. The molecule has 0 unspecified atom stereocenters. The quantitative estimate of drug-likeness (QED) is 0.702. The predicted octanol–water partition coefficient (Wildman–Crippen LogP) is 4.95. The van der Waals surface area contributed by atoms with Crippen LogP contribution >= 0.6 is 0 Å². The first-order chi connectivity index (χ1) is 9.80. The first kappa shape index (κ1) is 9.80. The zero-order valence-electron chi connectivity index (χ0n) is 11.8. The minimum Gasteiger partial charge on any atom is -0.0660 e. The van der Waals surface area contributed by atoms with Crippen molar-refractivity contribution >= 4 is 11.1 Å². The van der Waals surface area contributed by atoms with E-state index in [1.807, 2.05) is 12.1 Å². The van der Waals surface area contributed by atoms with Crippen LogP contribution in [0, 0.1) is 5.41 Å². The van der Waals surface area contributed by atoms with Crippen LogP contribution in [0.2, 0.25) is 0 Å². The fraction of sp³-hybridized carbons (Fsp3) is 0.158. The smallest absolute Gasteiger partial charge is 0.0592 e. The first-order valence-corrected chi connectivity index (χ1v) is 6.86. The second-order valence-corrected chi connectivity index (χ2v) is 5.45. The Bertz CT molecular complexity index is 704. The van der Waals surface area contributed by atoms with E-state index < -0.39 is 0 Å². The van der Waals surface area contributed by atoms with Crippen LogP contribution in [0.15, 0.2) is 72.8 Å². The van der Waals surface area contributed by atoms with Crippen LogP contribution < -0.4 is 0 Å². The second kappa shape index (κ2) is 3.96. The Morgan fingerprint density at radius 2 is 1.26 bits per heavy atom. The van der Waals surface area contributed by atoms with E-state index in [2.05, 4.69) is 54.6 Å². The minimum atomic E-state index is 0.0380. The third-order valence-corrected chi connectivity index (χ3v) is 4.00. The zero-order valence-corrected chi connectivity index (χ0v) is 10.8. The Morgan fingerprint density at radius 1 is 0.737 bits per heavy atom. The molecule has 2 aromatic rings. The van der Waals surface area contributed by atoms with Crippen molar-refractivity contribution < 1.29 is 1.37 Å². The molecule has 0 heterocycles. The molecule has 0 atom stereocenters. The Kier molecular flexibility index (Phi) is 2.04. The number of benzene rings is 2. The summed E-state index contributed by atoms with van der Waals surface area (Å²) in [6, 6.07) is 21.6. The van der Waals surface area contributed by atoms with Crippen LogP contribution in [-0.4, -0.2) is 0 Å². The molecule has 2 aromatic carbocycles. The lowest BCUT2D eigenvalue weighted by molar-refractivity contribution is 0.876. The molecule has 0 nitrogen and oxygen atoms in total. The topological polar surface area (TPSA) is 0 Å². The summed E-state index contributed by atoms with van der Waals surface area (Å²) in [5.41, 5.74) is 4.78. The van der Waals surface area contributed by atoms with Gasteiger partial charge in [-0.2, -0.15) is 0 Å². The van der Waals surface area contributed by atoms with Crippen LogP contribution in [0.1, 0.15) is 25.3 Å². The van der Waals surface area contributed by atoms with Crippen molar-refractivity contribution in [1.82, 2.24) is 0 Å². The Balaban J connectivity index is 1.90. The minimum absolute atomic E-state index is 0.0380. The predicted molar refractivity (Wildman–Crippen MR) is 80.5 cm³/mol. The van der Waals surface area contributed by atoms with E-state index in [4.69, 9.17) is 1.37 Å². The van der Waals surface area contributed by atoms with Crippen molar-refractivity contribution in [2.24, 2.45) is 5.41 Å². The van der Waals surface area contributed by atoms with E-state index in [0.29, 0.717) is 0 Å². The molecule has 0 heteroatoms. The van der Waals surface area contributed by atoms with Crippen LogP contribution in [0.5, 0.6) is 0 Å². The number of allylic oxidation sites excluding steroid dienone is 4. The standard InChI is InChI=1S/C19H16/c1-3-7-15(8-4-1)17-13-19(11-12-19)14-18(17)16-9-5-2-6-10-16/h1-10,13-14H,11-12H2/i13D. The van der Waals surface area contributed by atoms with Crippen molar-refractivity contribution in [3.05, 3.63) is 83.9 Å². The molecule has 0 saturated heterocycles. The fourth-order valence-corrected chi connectivity index (χ4v) is 2.78. The van der Waals surface area contributed by atoms with Gasteiger partial charge in [0.1, 0.15) is 0 Å². The monoisotopic (exact) mass is 245 g/mol. The van der Waals surface area contributed by atoms with Crippen molar-refractivity contribution in [3.63, 3.8) is 0 Å². The van der Waals surface area contributed by atoms with E-state index in [-0.39, 0.29) is 5.41 Å². The van der Waals surface area contributed by atoms with Crippen LogP contribution in [0.4, 0.5) is 0 Å². The lowest BCUT2D eigenvalue weighted by Crippen LogP contribution is -1.86. The lowest BCUT2D eigenvalue weighted by atomic mass is 9.95. The van der Waals surface area contributed by atoms with Gasteiger partial charge < -0.3 is 0 Å². The summed E-state index contributed by atoms with van der Waals surface area (Å²) in [5, 5.41) is 0. The molecule has 0 N–H and O–H groups in total. The van der Waals surface area contributed by atoms with E-state index in [9.17, 15) is 0 Å². The van der Waals surface area contributed by atoms with Crippen molar-refractivity contribution in [2.75, 3.05) is 0 Å². The average molecular weight is 245 g/mol. The van der Waals surface area contributed by atoms with Gasteiger partial charge in [-0.3, -0.25) is 0 Å². The average Bonchev–Trinajstić information content (AvgIpc) is 3.23. The van der Waals surface area contributed by atoms with Crippen molar-refractivity contribution in [3.8, 4) is 0 Å². The van der Waals surface area contributed by atoms with E-state index >= 15 is 0 Å². The van der Waals surface area contributed by atoms with Crippen LogP contribution in [0.25, 0.3) is 11.1 Å². The van der Waals surface area contributed by atoms with E-state index in [0.717, 1.165) is 30.0 Å². The summed E-state index contributed by atoms with van der Waals surface area (Å²) in [7, 11) is 0. The lowest BCUT2D eigenvalue weighted by Gasteiger charge is -2.09. The largest absolute Gasteiger partial charge is 0.0660 e. The SMILES string of the molecule is [2H]C1=C(c2ccccc2)C(c2ccccc2)=CC12CC2. The highest BCUT2D eigenvalue weighted by atomic mass is 14.5. The number of rotatable bonds is 2. The summed E-state index contributed by atoms with van der Waals surface area (Å²) in [6.07, 6.45) is 4.57. The third-order valence-electron chi connectivity index (χ3n) is 4.00. The molecule has 1 spiro atoms. The van der Waals surface area contributed by atoms with Gasteiger partial charge in [0.25, 0.3) is 0 Å². The summed E-state index contributed by atoms with van der Waals surface area (Å²) >= 11 is 0. The van der Waals surface area contributed by atoms with E-state index in [1.54, 1.807) is 0 Å². The van der Waals surface area contributed by atoms with Gasteiger partial charge in [0.2, 0.25) is 0 Å². The Labute approximate surface area is 115 Å². The summed E-state index contributed by atoms with van der Waals surface area (Å²) in [5.74, 6) is 0. The highest BCUT2D eigenvalue weighted by molar-refractivity contribution is 6.08. The molecule has 1 fully saturated rings. The van der Waals surface area contributed by atoms with Gasteiger partial charge in [0.15, 0.2) is 0 Å². The number of hydrogen-bond donors (Lipinski definition) is 0. The van der Waals surface area contributed by atoms with Gasteiger partial charge in [0, 0.05) is 5.41 Å². The normalized spacial score (nSPS) is 20.4. The van der Waals surface area contributed by atoms with Crippen molar-refractivity contribution in [1.29, 1.82) is 0 Å². The zero-order chi connectivity index (χ0) is 13.6. The maximum Gasteiger partial charge on any atom is 0.0592 e. The van der Waals surface area contributed by atoms with Gasteiger partial charge >= 0.3 is 0 Å². The van der Waals surface area contributed by atoms with Crippen LogP contribution in [-0.2, 0) is 0 Å². The molecule has 1 saturated carbocycles. The summed E-state index contributed by atoms with van der Waals surface area (Å²) < 4.78 is 8.60. The third kappa shape index (κ3) is 1.84. The van der Waals surface area contributed by atoms with Gasteiger partial charge in [-0.1, -0.05) is 72.8 Å². The molecule has 0 bridgehead atoms. The molecule has 2 aliphatic rings. The summed E-state index contributed by atoms with van der Waals surface area (Å²) in [6.45, 7) is 0. The Hall–Kier alpha value is -2.08. The second-order valence-electron chi connectivity index (χ2n) is 5.45. The molecule has 19 heavy (non-hydrogen) atoms. The van der Waals surface area contributed by atoms with E-state index in [1.165, 1.54) is 11.1 Å². The van der Waals surface area contributed by atoms with Crippen molar-refractivity contribution in [2.45, 2.75) is 12.8 Å². The molecule has 0 aliphatic heterocycles. The molecule has 4 rings (SSSR count). The highest BCUT2D eigenvalue weighted by Gasteiger charge is 2.43. The van der Waals surface area contributed by atoms with Gasteiger partial charge in [0.05, 0.1) is 1.37 Å². The van der Waals surface area contributed by atoms with Gasteiger partial charge in [-0.25, -0.2) is 0 Å². The fourth-order valence-electron chi connectivity index (χ4n) is 2.78. The highest BCUT2D eigenvalue weighted by Crippen LogP contribution is 2.57. The van der Waals surface area contributed by atoms with Gasteiger partial charge in [-0.05, 0) is 35.1 Å². The molecule has 2 aliphatic carbocycles. The maximum absolute atomic E-state index is 8.60. The molecule has 0 amide bonds. The Morgan fingerprint density at radius 3 is 1.79 bits per heavy atom. The van der Waals surface area contributed by atoms with Crippen LogP contribution in [0.3, 0.4) is 0 Å². The molecule has 0 radical (unpaired) electrons.